The Morgan fingerprint density at radius 3 is 2.63 bits per heavy atom. The number of carboxylic acid groups (broad SMARTS) is 1. The van der Waals surface area contributed by atoms with Crippen LogP contribution in [0.1, 0.15) is 15.9 Å². The number of nitrogen functional groups attached to an aromatic ring is 1. The molecule has 3 N–H and O–H groups in total. The summed E-state index contributed by atoms with van der Waals surface area (Å²) in [5.74, 6) is -0.258. The van der Waals surface area contributed by atoms with E-state index in [9.17, 15) is 4.79 Å². The number of rotatable bonds is 3. The molecule has 0 aromatic heterocycles. The van der Waals surface area contributed by atoms with Crippen LogP contribution in [0.25, 0.3) is 0 Å². The van der Waals surface area contributed by atoms with Gasteiger partial charge < -0.3 is 15.6 Å². The maximum atomic E-state index is 11.1. The Morgan fingerprint density at radius 2 is 2.00 bits per heavy atom. The number of hydrogen-bond acceptors (Lipinski definition) is 3. The van der Waals surface area contributed by atoms with E-state index in [1.54, 1.807) is 6.07 Å². The lowest BCUT2D eigenvalue weighted by molar-refractivity contribution is 0.0694. The molecular weight excluding hydrogens is 310 g/mol. The molecule has 0 aliphatic heterocycles. The van der Waals surface area contributed by atoms with Crippen molar-refractivity contribution >= 4 is 27.6 Å². The summed E-state index contributed by atoms with van der Waals surface area (Å²) in [6.07, 6.45) is 0. The van der Waals surface area contributed by atoms with E-state index in [2.05, 4.69) is 15.9 Å². The fourth-order valence-electron chi connectivity index (χ4n) is 1.61. The summed E-state index contributed by atoms with van der Waals surface area (Å²) in [6.45, 7) is 1.93. The fraction of sp³-hybridized carbons (Fsp3) is 0.0714. The van der Waals surface area contributed by atoms with Gasteiger partial charge in [-0.1, -0.05) is 15.9 Å². The van der Waals surface area contributed by atoms with Crippen molar-refractivity contribution in [1.82, 2.24) is 0 Å². The van der Waals surface area contributed by atoms with Crippen molar-refractivity contribution < 1.29 is 14.6 Å². The number of aryl methyl sites for hydroxylation is 1. The summed E-state index contributed by atoms with van der Waals surface area (Å²) in [5, 5.41) is 9.10. The maximum Gasteiger partial charge on any atom is 0.339 e. The van der Waals surface area contributed by atoms with Gasteiger partial charge in [-0.2, -0.15) is 0 Å². The Bertz CT molecular complexity index is 641. The predicted octanol–water partition coefficient (Wildman–Crippen LogP) is 3.83. The number of halogens is 1. The molecule has 2 aromatic rings. The largest absolute Gasteiger partial charge is 0.478 e. The van der Waals surface area contributed by atoms with E-state index in [0.29, 0.717) is 11.4 Å². The molecule has 5 heteroatoms. The zero-order valence-corrected chi connectivity index (χ0v) is 11.8. The van der Waals surface area contributed by atoms with E-state index in [1.807, 2.05) is 19.1 Å². The first-order chi connectivity index (χ1) is 8.97. The number of aromatic carboxylic acids is 1. The molecule has 0 fully saturated rings. The lowest BCUT2D eigenvalue weighted by atomic mass is 10.2. The zero-order chi connectivity index (χ0) is 14.0. The van der Waals surface area contributed by atoms with Crippen LogP contribution in [0.4, 0.5) is 5.69 Å². The number of benzene rings is 2. The highest BCUT2D eigenvalue weighted by Gasteiger charge is 2.12. The SMILES string of the molecule is Cc1cc(Oc2cc(N)ccc2C(=O)O)ccc1Br. The minimum absolute atomic E-state index is 0.0785. The molecule has 0 radical (unpaired) electrons. The molecule has 0 aliphatic carbocycles. The molecule has 4 nitrogen and oxygen atoms in total. The van der Waals surface area contributed by atoms with Gasteiger partial charge in [-0.3, -0.25) is 0 Å². The minimum Gasteiger partial charge on any atom is -0.478 e. The summed E-state index contributed by atoms with van der Waals surface area (Å²) in [6, 6.07) is 9.88. The van der Waals surface area contributed by atoms with E-state index in [4.69, 9.17) is 15.6 Å². The highest BCUT2D eigenvalue weighted by molar-refractivity contribution is 9.10. The first-order valence-electron chi connectivity index (χ1n) is 5.54. The minimum atomic E-state index is -1.05. The second-order valence-corrected chi connectivity index (χ2v) is 4.93. The first-order valence-corrected chi connectivity index (χ1v) is 6.33. The summed E-state index contributed by atoms with van der Waals surface area (Å²) < 4.78 is 6.57. The van der Waals surface area contributed by atoms with E-state index in [0.717, 1.165) is 10.0 Å². The fourth-order valence-corrected chi connectivity index (χ4v) is 1.85. The molecule has 0 bridgehead atoms. The van der Waals surface area contributed by atoms with Crippen LogP contribution in [-0.4, -0.2) is 11.1 Å². The zero-order valence-electron chi connectivity index (χ0n) is 10.2. The van der Waals surface area contributed by atoms with Gasteiger partial charge in [0.25, 0.3) is 0 Å². The number of anilines is 1. The van der Waals surface area contributed by atoms with Crippen molar-refractivity contribution in [3.63, 3.8) is 0 Å². The van der Waals surface area contributed by atoms with E-state index in [-0.39, 0.29) is 11.3 Å². The maximum absolute atomic E-state index is 11.1. The van der Waals surface area contributed by atoms with Gasteiger partial charge in [0.15, 0.2) is 0 Å². The van der Waals surface area contributed by atoms with Gasteiger partial charge in [0.05, 0.1) is 0 Å². The second kappa shape index (κ2) is 5.32. The molecule has 0 amide bonds. The van der Waals surface area contributed by atoms with Crippen molar-refractivity contribution in [2.24, 2.45) is 0 Å². The van der Waals surface area contributed by atoms with E-state index in [1.165, 1.54) is 18.2 Å². The molecule has 0 saturated heterocycles. The highest BCUT2D eigenvalue weighted by atomic mass is 79.9. The van der Waals surface area contributed by atoms with Crippen LogP contribution < -0.4 is 10.5 Å². The molecule has 19 heavy (non-hydrogen) atoms. The summed E-state index contributed by atoms with van der Waals surface area (Å²) in [4.78, 5) is 11.1. The van der Waals surface area contributed by atoms with Crippen LogP contribution in [0.3, 0.4) is 0 Å². The molecule has 0 spiro atoms. The number of carboxylic acids is 1. The van der Waals surface area contributed by atoms with Gasteiger partial charge >= 0.3 is 5.97 Å². The smallest absolute Gasteiger partial charge is 0.339 e. The highest BCUT2D eigenvalue weighted by Crippen LogP contribution is 2.30. The molecule has 98 valence electrons. The number of carbonyl (C=O) groups is 1. The van der Waals surface area contributed by atoms with Gasteiger partial charge in [0, 0.05) is 16.2 Å². The predicted molar refractivity (Wildman–Crippen MR) is 76.8 cm³/mol. The Morgan fingerprint density at radius 1 is 1.26 bits per heavy atom. The molecule has 0 atom stereocenters. The van der Waals surface area contributed by atoms with Crippen LogP contribution >= 0.6 is 15.9 Å². The van der Waals surface area contributed by atoms with Crippen molar-refractivity contribution in [2.75, 3.05) is 5.73 Å². The van der Waals surface area contributed by atoms with Crippen LogP contribution in [-0.2, 0) is 0 Å². The average molecular weight is 322 g/mol. The van der Waals surface area contributed by atoms with Gasteiger partial charge in [0.1, 0.15) is 17.1 Å². The number of hydrogen-bond donors (Lipinski definition) is 2. The van der Waals surface area contributed by atoms with Crippen molar-refractivity contribution in [1.29, 1.82) is 0 Å². The molecule has 2 aromatic carbocycles. The van der Waals surface area contributed by atoms with Gasteiger partial charge in [0.2, 0.25) is 0 Å². The second-order valence-electron chi connectivity index (χ2n) is 4.07. The topological polar surface area (TPSA) is 72.5 Å². The number of nitrogens with two attached hydrogens (primary N) is 1. The van der Waals surface area contributed by atoms with Crippen LogP contribution in [0.5, 0.6) is 11.5 Å². The number of ether oxygens (including phenoxy) is 1. The van der Waals surface area contributed by atoms with Gasteiger partial charge in [-0.15, -0.1) is 0 Å². The lowest BCUT2D eigenvalue weighted by Gasteiger charge is -2.10. The normalized spacial score (nSPS) is 10.2. The third kappa shape index (κ3) is 3.06. The Balaban J connectivity index is 2.39. The van der Waals surface area contributed by atoms with Crippen LogP contribution in [0.2, 0.25) is 0 Å². The monoisotopic (exact) mass is 321 g/mol. The lowest BCUT2D eigenvalue weighted by Crippen LogP contribution is -2.01. The molecule has 2 rings (SSSR count). The van der Waals surface area contributed by atoms with Crippen molar-refractivity contribution in [2.45, 2.75) is 6.92 Å². The first kappa shape index (κ1) is 13.4. The molecule has 0 aliphatic rings. The average Bonchev–Trinajstić information content (AvgIpc) is 2.33. The molecule has 0 unspecified atom stereocenters. The third-order valence-electron chi connectivity index (χ3n) is 2.59. The Hall–Kier alpha value is -2.01. The van der Waals surface area contributed by atoms with Crippen molar-refractivity contribution in [3.05, 3.63) is 52.0 Å². The van der Waals surface area contributed by atoms with Crippen molar-refractivity contribution in [3.8, 4) is 11.5 Å². The molecule has 0 saturated carbocycles. The van der Waals surface area contributed by atoms with E-state index >= 15 is 0 Å². The Kier molecular flexibility index (Phi) is 3.76. The quantitative estimate of drug-likeness (QED) is 0.843. The standard InChI is InChI=1S/C14H12BrNO3/c1-8-6-10(3-5-12(8)15)19-13-7-9(16)2-4-11(13)14(17)18/h2-7H,16H2,1H3,(H,17,18). The summed E-state index contributed by atoms with van der Waals surface area (Å²) >= 11 is 3.39. The van der Waals surface area contributed by atoms with Gasteiger partial charge in [-0.25, -0.2) is 4.79 Å². The summed E-state index contributed by atoms with van der Waals surface area (Å²) in [5.41, 5.74) is 7.18. The molecule has 0 heterocycles. The summed E-state index contributed by atoms with van der Waals surface area (Å²) in [7, 11) is 0. The van der Waals surface area contributed by atoms with Gasteiger partial charge in [-0.05, 0) is 42.8 Å². The van der Waals surface area contributed by atoms with E-state index < -0.39 is 5.97 Å². The van der Waals surface area contributed by atoms with Crippen LogP contribution in [0, 0.1) is 6.92 Å². The van der Waals surface area contributed by atoms with Crippen LogP contribution in [0.15, 0.2) is 40.9 Å². The third-order valence-corrected chi connectivity index (χ3v) is 3.48. The molecular formula is C14H12BrNO3. The Labute approximate surface area is 118 Å².